The van der Waals surface area contributed by atoms with Crippen molar-refractivity contribution in [1.29, 1.82) is 0 Å². The van der Waals surface area contributed by atoms with Crippen molar-refractivity contribution in [2.45, 2.75) is 13.3 Å². The van der Waals surface area contributed by atoms with Gasteiger partial charge in [0.2, 0.25) is 0 Å². The summed E-state index contributed by atoms with van der Waals surface area (Å²) in [6.45, 7) is 2.10. The van der Waals surface area contributed by atoms with Crippen LogP contribution in [-0.4, -0.2) is 0 Å². The zero-order valence-electron chi connectivity index (χ0n) is 8.25. The third-order valence-electron chi connectivity index (χ3n) is 2.56. The minimum atomic E-state index is 0.762. The van der Waals surface area contributed by atoms with E-state index in [2.05, 4.69) is 19.1 Å². The molecule has 0 aliphatic carbocycles. The minimum Gasteiger partial charge on any atom is -0.399 e. The first kappa shape index (κ1) is 8.88. The van der Waals surface area contributed by atoms with Gasteiger partial charge in [-0.3, -0.25) is 0 Å². The van der Waals surface area contributed by atoms with E-state index in [1.54, 1.807) is 0 Å². The van der Waals surface area contributed by atoms with E-state index in [-0.39, 0.29) is 0 Å². The maximum atomic E-state index is 6.04. The van der Waals surface area contributed by atoms with E-state index in [9.17, 15) is 0 Å². The first-order valence-electron chi connectivity index (χ1n) is 4.79. The van der Waals surface area contributed by atoms with Crippen molar-refractivity contribution in [3.05, 3.63) is 35.9 Å². The lowest BCUT2D eigenvalue weighted by atomic mass is 10.0. The van der Waals surface area contributed by atoms with Crippen LogP contribution in [-0.2, 0) is 6.42 Å². The largest absolute Gasteiger partial charge is 0.399 e. The first-order chi connectivity index (χ1) is 6.72. The molecule has 0 amide bonds. The molecule has 0 saturated carbocycles. The number of fused-ring (bicyclic) bond motifs is 1. The van der Waals surface area contributed by atoms with Crippen LogP contribution in [0.3, 0.4) is 0 Å². The van der Waals surface area contributed by atoms with Gasteiger partial charge in [-0.05, 0) is 29.5 Å². The normalized spacial score (nSPS) is 10.6. The molecule has 0 aliphatic heterocycles. The molecule has 72 valence electrons. The summed E-state index contributed by atoms with van der Waals surface area (Å²) in [6.07, 6.45) is 0.955. The number of hydrogen-bond acceptors (Lipinski definition) is 2. The molecular formula is C12H14N2. The molecule has 0 radical (unpaired) electrons. The lowest BCUT2D eigenvalue weighted by molar-refractivity contribution is 1.15. The molecule has 0 spiro atoms. The average Bonchev–Trinajstić information content (AvgIpc) is 2.20. The number of aryl methyl sites for hydroxylation is 1. The molecule has 0 fully saturated rings. The quantitative estimate of drug-likeness (QED) is 0.672. The van der Waals surface area contributed by atoms with E-state index in [4.69, 9.17) is 11.5 Å². The second kappa shape index (κ2) is 3.22. The van der Waals surface area contributed by atoms with E-state index in [1.165, 1.54) is 5.56 Å². The molecule has 0 bridgehead atoms. The Morgan fingerprint density at radius 2 is 1.79 bits per heavy atom. The van der Waals surface area contributed by atoms with Crippen LogP contribution in [0.4, 0.5) is 11.4 Å². The maximum absolute atomic E-state index is 6.04. The second-order valence-corrected chi connectivity index (χ2v) is 3.47. The van der Waals surface area contributed by atoms with Crippen molar-refractivity contribution in [3.63, 3.8) is 0 Å². The number of benzene rings is 2. The van der Waals surface area contributed by atoms with E-state index < -0.39 is 0 Å². The maximum Gasteiger partial charge on any atom is 0.0426 e. The van der Waals surface area contributed by atoms with Crippen LogP contribution in [0.2, 0.25) is 0 Å². The Bertz CT molecular complexity index is 475. The van der Waals surface area contributed by atoms with Crippen LogP contribution in [0.1, 0.15) is 12.5 Å². The van der Waals surface area contributed by atoms with Gasteiger partial charge in [-0.15, -0.1) is 0 Å². The summed E-state index contributed by atoms with van der Waals surface area (Å²) in [5.74, 6) is 0. The zero-order valence-corrected chi connectivity index (χ0v) is 8.25. The molecule has 0 aliphatic rings. The molecule has 2 rings (SSSR count). The molecule has 0 saturated heterocycles. The van der Waals surface area contributed by atoms with E-state index in [0.29, 0.717) is 0 Å². The van der Waals surface area contributed by atoms with Crippen molar-refractivity contribution in [2.24, 2.45) is 0 Å². The van der Waals surface area contributed by atoms with Gasteiger partial charge in [0.05, 0.1) is 0 Å². The average molecular weight is 186 g/mol. The van der Waals surface area contributed by atoms with E-state index >= 15 is 0 Å². The molecule has 2 nitrogen and oxygen atoms in total. The SMILES string of the molecule is CCc1ccc2ccc(N)cc2c1N. The molecule has 2 aromatic rings. The second-order valence-electron chi connectivity index (χ2n) is 3.47. The van der Waals surface area contributed by atoms with Crippen molar-refractivity contribution < 1.29 is 0 Å². The van der Waals surface area contributed by atoms with Crippen LogP contribution in [0.15, 0.2) is 30.3 Å². The van der Waals surface area contributed by atoms with Gasteiger partial charge in [-0.1, -0.05) is 25.1 Å². The van der Waals surface area contributed by atoms with Gasteiger partial charge in [0, 0.05) is 16.8 Å². The fourth-order valence-corrected chi connectivity index (χ4v) is 1.71. The van der Waals surface area contributed by atoms with Gasteiger partial charge in [0.15, 0.2) is 0 Å². The highest BCUT2D eigenvalue weighted by atomic mass is 14.6. The highest BCUT2D eigenvalue weighted by Gasteiger charge is 2.02. The Balaban J connectivity index is 2.79. The van der Waals surface area contributed by atoms with Crippen molar-refractivity contribution >= 4 is 22.1 Å². The monoisotopic (exact) mass is 186 g/mol. The van der Waals surface area contributed by atoms with Gasteiger partial charge in [-0.2, -0.15) is 0 Å². The number of rotatable bonds is 1. The molecule has 14 heavy (non-hydrogen) atoms. The van der Waals surface area contributed by atoms with E-state index in [1.807, 2.05) is 18.2 Å². The summed E-state index contributed by atoms with van der Waals surface area (Å²) in [4.78, 5) is 0. The molecule has 0 aromatic heterocycles. The molecule has 2 heteroatoms. The fraction of sp³-hybridized carbons (Fsp3) is 0.167. The smallest absolute Gasteiger partial charge is 0.0426 e. The summed E-state index contributed by atoms with van der Waals surface area (Å²) in [7, 11) is 0. The minimum absolute atomic E-state index is 0.762. The van der Waals surface area contributed by atoms with Crippen LogP contribution < -0.4 is 11.5 Å². The van der Waals surface area contributed by atoms with Gasteiger partial charge in [0.25, 0.3) is 0 Å². The topological polar surface area (TPSA) is 52.0 Å². The van der Waals surface area contributed by atoms with Crippen LogP contribution in [0, 0.1) is 0 Å². The summed E-state index contributed by atoms with van der Waals surface area (Å²) >= 11 is 0. The van der Waals surface area contributed by atoms with Crippen LogP contribution in [0.25, 0.3) is 10.8 Å². The lowest BCUT2D eigenvalue weighted by Gasteiger charge is -2.07. The Kier molecular flexibility index (Phi) is 2.04. The predicted octanol–water partition coefficient (Wildman–Crippen LogP) is 2.57. The Labute approximate surface area is 83.5 Å². The predicted molar refractivity (Wildman–Crippen MR) is 62.2 cm³/mol. The fourth-order valence-electron chi connectivity index (χ4n) is 1.71. The highest BCUT2D eigenvalue weighted by molar-refractivity contribution is 5.96. The van der Waals surface area contributed by atoms with Gasteiger partial charge in [-0.25, -0.2) is 0 Å². The van der Waals surface area contributed by atoms with Crippen LogP contribution in [0.5, 0.6) is 0 Å². The molecule has 0 heterocycles. The molecule has 2 aromatic carbocycles. The van der Waals surface area contributed by atoms with E-state index in [0.717, 1.165) is 28.6 Å². The Morgan fingerprint density at radius 1 is 1.07 bits per heavy atom. The van der Waals surface area contributed by atoms with Crippen molar-refractivity contribution in [1.82, 2.24) is 0 Å². The summed E-state index contributed by atoms with van der Waals surface area (Å²) in [5, 5.41) is 2.21. The number of hydrogen-bond donors (Lipinski definition) is 2. The third kappa shape index (κ3) is 1.29. The molecule has 0 atom stereocenters. The Hall–Kier alpha value is -1.70. The van der Waals surface area contributed by atoms with Crippen molar-refractivity contribution in [3.8, 4) is 0 Å². The number of anilines is 2. The number of nitrogen functional groups attached to an aromatic ring is 2. The van der Waals surface area contributed by atoms with Gasteiger partial charge < -0.3 is 11.5 Å². The molecular weight excluding hydrogens is 172 g/mol. The van der Waals surface area contributed by atoms with Crippen LogP contribution >= 0.6 is 0 Å². The van der Waals surface area contributed by atoms with Gasteiger partial charge >= 0.3 is 0 Å². The summed E-state index contributed by atoms with van der Waals surface area (Å²) in [5.41, 5.74) is 14.6. The summed E-state index contributed by atoms with van der Waals surface area (Å²) < 4.78 is 0. The zero-order chi connectivity index (χ0) is 10.1. The number of nitrogens with two attached hydrogens (primary N) is 2. The molecule has 4 N–H and O–H groups in total. The first-order valence-corrected chi connectivity index (χ1v) is 4.79. The Morgan fingerprint density at radius 3 is 2.50 bits per heavy atom. The standard InChI is InChI=1S/C12H14N2/c1-2-8-3-4-9-5-6-10(13)7-11(9)12(8)14/h3-7H,2,13-14H2,1H3. The third-order valence-corrected chi connectivity index (χ3v) is 2.56. The highest BCUT2D eigenvalue weighted by Crippen LogP contribution is 2.26. The van der Waals surface area contributed by atoms with Gasteiger partial charge in [0.1, 0.15) is 0 Å². The summed E-state index contributed by atoms with van der Waals surface area (Å²) in [6, 6.07) is 10.00. The van der Waals surface area contributed by atoms with Crippen molar-refractivity contribution in [2.75, 3.05) is 11.5 Å². The molecule has 0 unspecified atom stereocenters. The lowest BCUT2D eigenvalue weighted by Crippen LogP contribution is -1.95.